The summed E-state index contributed by atoms with van der Waals surface area (Å²) in [6.45, 7) is 6.47. The lowest BCUT2D eigenvalue weighted by molar-refractivity contribution is 0.0950. The number of piperidine rings is 1. The quantitative estimate of drug-likeness (QED) is 0.633. The summed E-state index contributed by atoms with van der Waals surface area (Å²) >= 11 is 6.28. The average molecular weight is 425 g/mol. The van der Waals surface area contributed by atoms with Crippen molar-refractivity contribution in [3.8, 4) is 11.3 Å². The molecule has 30 heavy (non-hydrogen) atoms. The van der Waals surface area contributed by atoms with Gasteiger partial charge in [0.05, 0.1) is 5.02 Å². The summed E-state index contributed by atoms with van der Waals surface area (Å²) in [5.74, 6) is 1.98. The molecule has 0 aliphatic carbocycles. The number of aryl methyl sites for hydroxylation is 1. The van der Waals surface area contributed by atoms with Crippen LogP contribution < -0.4 is 10.2 Å². The molecule has 7 heteroatoms. The van der Waals surface area contributed by atoms with E-state index in [0.717, 1.165) is 30.4 Å². The van der Waals surface area contributed by atoms with Gasteiger partial charge < -0.3 is 14.7 Å². The summed E-state index contributed by atoms with van der Waals surface area (Å²) in [6, 6.07) is 11.3. The molecule has 1 N–H and O–H groups in total. The minimum Gasteiger partial charge on any atom is -0.360 e. The van der Waals surface area contributed by atoms with Crippen LogP contribution in [0.2, 0.25) is 5.02 Å². The number of hydrogen-bond acceptors (Lipinski definition) is 5. The van der Waals surface area contributed by atoms with Crippen LogP contribution in [0.5, 0.6) is 0 Å². The molecule has 1 aromatic carbocycles. The minimum atomic E-state index is -0.252. The molecule has 0 bridgehead atoms. The number of pyridine rings is 1. The zero-order valence-electron chi connectivity index (χ0n) is 17.2. The maximum Gasteiger partial charge on any atom is 0.257 e. The molecule has 1 saturated heterocycles. The van der Waals surface area contributed by atoms with E-state index in [2.05, 4.69) is 27.3 Å². The summed E-state index contributed by atoms with van der Waals surface area (Å²) in [5.41, 5.74) is 2.45. The lowest BCUT2D eigenvalue weighted by Crippen LogP contribution is -2.33. The van der Waals surface area contributed by atoms with Crippen LogP contribution in [0.3, 0.4) is 0 Å². The lowest BCUT2D eigenvalue weighted by atomic mass is 9.99. The fourth-order valence-electron chi connectivity index (χ4n) is 3.69. The molecule has 2 aromatic heterocycles. The average Bonchev–Trinajstić information content (AvgIpc) is 3.14. The van der Waals surface area contributed by atoms with Crippen LogP contribution in [0, 0.1) is 12.8 Å². The van der Waals surface area contributed by atoms with Crippen LogP contribution in [0.1, 0.15) is 41.4 Å². The van der Waals surface area contributed by atoms with E-state index in [1.165, 1.54) is 12.8 Å². The minimum absolute atomic E-state index is 0.252. The number of rotatable bonds is 5. The molecule has 1 aliphatic rings. The summed E-state index contributed by atoms with van der Waals surface area (Å²) in [5, 5.41) is 7.51. The van der Waals surface area contributed by atoms with Crippen LogP contribution in [-0.2, 0) is 6.54 Å². The topological polar surface area (TPSA) is 71.3 Å². The molecular weight excluding hydrogens is 400 g/mol. The third kappa shape index (κ3) is 4.33. The van der Waals surface area contributed by atoms with Crippen molar-refractivity contribution in [2.45, 2.75) is 33.2 Å². The SMILES string of the molecule is Cc1onc(-c2ccccc2Cl)c1C(=O)NCc1ccc(N2CCC(C)CC2)nc1. The Bertz CT molecular complexity index is 1020. The molecule has 0 spiro atoms. The smallest absolute Gasteiger partial charge is 0.257 e. The summed E-state index contributed by atoms with van der Waals surface area (Å²) in [7, 11) is 0. The molecule has 3 aromatic rings. The molecule has 6 nitrogen and oxygen atoms in total. The first-order valence-electron chi connectivity index (χ1n) is 10.2. The molecule has 0 unspecified atom stereocenters. The Hall–Kier alpha value is -2.86. The number of carbonyl (C=O) groups excluding carboxylic acids is 1. The van der Waals surface area contributed by atoms with Crippen molar-refractivity contribution < 1.29 is 9.32 Å². The zero-order valence-corrected chi connectivity index (χ0v) is 17.9. The van der Waals surface area contributed by atoms with E-state index in [0.29, 0.717) is 34.1 Å². The second kappa shape index (κ2) is 8.88. The highest BCUT2D eigenvalue weighted by atomic mass is 35.5. The van der Waals surface area contributed by atoms with Gasteiger partial charge in [0, 0.05) is 31.4 Å². The van der Waals surface area contributed by atoms with Crippen molar-refractivity contribution in [3.63, 3.8) is 0 Å². The Morgan fingerprint density at radius 1 is 1.23 bits per heavy atom. The number of anilines is 1. The highest BCUT2D eigenvalue weighted by molar-refractivity contribution is 6.33. The Morgan fingerprint density at radius 2 is 2.00 bits per heavy atom. The lowest BCUT2D eigenvalue weighted by Gasteiger charge is -2.31. The second-order valence-corrected chi connectivity index (χ2v) is 8.23. The van der Waals surface area contributed by atoms with Crippen molar-refractivity contribution >= 4 is 23.3 Å². The first kappa shape index (κ1) is 20.4. The number of halogens is 1. The number of carbonyl (C=O) groups is 1. The predicted molar refractivity (Wildman–Crippen MR) is 118 cm³/mol. The molecule has 1 amide bonds. The molecule has 1 fully saturated rings. The third-order valence-corrected chi connectivity index (χ3v) is 5.92. The van der Waals surface area contributed by atoms with Crippen molar-refractivity contribution in [3.05, 3.63) is 64.5 Å². The Balaban J connectivity index is 1.43. The van der Waals surface area contributed by atoms with Crippen LogP contribution in [0.15, 0.2) is 47.1 Å². The first-order chi connectivity index (χ1) is 14.5. The van der Waals surface area contributed by atoms with Crippen LogP contribution in [0.25, 0.3) is 11.3 Å². The molecule has 3 heterocycles. The van der Waals surface area contributed by atoms with Crippen LogP contribution in [0.4, 0.5) is 5.82 Å². The van der Waals surface area contributed by atoms with Gasteiger partial charge >= 0.3 is 0 Å². The van der Waals surface area contributed by atoms with E-state index >= 15 is 0 Å². The number of aromatic nitrogens is 2. The van der Waals surface area contributed by atoms with Gasteiger partial charge in [-0.15, -0.1) is 0 Å². The fourth-order valence-corrected chi connectivity index (χ4v) is 3.92. The van der Waals surface area contributed by atoms with Crippen LogP contribution in [-0.4, -0.2) is 29.1 Å². The largest absolute Gasteiger partial charge is 0.360 e. The maximum atomic E-state index is 12.9. The van der Waals surface area contributed by atoms with Gasteiger partial charge in [0.15, 0.2) is 0 Å². The first-order valence-corrected chi connectivity index (χ1v) is 10.6. The molecule has 156 valence electrons. The molecule has 4 rings (SSSR count). The molecular formula is C23H25ClN4O2. The summed E-state index contributed by atoms with van der Waals surface area (Å²) < 4.78 is 5.28. The standard InChI is InChI=1S/C23H25ClN4O2/c1-15-9-11-28(12-10-15)20-8-7-17(13-25-20)14-26-23(29)21-16(2)30-27-22(21)18-5-3-4-6-19(18)24/h3-8,13,15H,9-12,14H2,1-2H3,(H,26,29). The molecule has 0 atom stereocenters. The Labute approximate surface area is 181 Å². The molecule has 0 radical (unpaired) electrons. The van der Waals surface area contributed by atoms with Gasteiger partial charge in [0.1, 0.15) is 22.8 Å². The number of hydrogen-bond donors (Lipinski definition) is 1. The van der Waals surface area contributed by atoms with Crippen molar-refractivity contribution in [1.29, 1.82) is 0 Å². The summed E-state index contributed by atoms with van der Waals surface area (Å²) in [6.07, 6.45) is 4.22. The van der Waals surface area contributed by atoms with E-state index in [9.17, 15) is 4.79 Å². The molecule has 1 aliphatic heterocycles. The van der Waals surface area contributed by atoms with Crippen molar-refractivity contribution in [1.82, 2.24) is 15.5 Å². The Morgan fingerprint density at radius 3 is 2.70 bits per heavy atom. The summed E-state index contributed by atoms with van der Waals surface area (Å²) in [4.78, 5) is 19.8. The maximum absolute atomic E-state index is 12.9. The van der Waals surface area contributed by atoms with Crippen LogP contribution >= 0.6 is 11.6 Å². The van der Waals surface area contributed by atoms with Gasteiger partial charge in [-0.3, -0.25) is 4.79 Å². The Kier molecular flexibility index (Phi) is 6.04. The number of nitrogens with zero attached hydrogens (tertiary/aromatic N) is 3. The highest BCUT2D eigenvalue weighted by Crippen LogP contribution is 2.31. The van der Waals surface area contributed by atoms with E-state index < -0.39 is 0 Å². The van der Waals surface area contributed by atoms with Gasteiger partial charge in [-0.2, -0.15) is 0 Å². The fraction of sp³-hybridized carbons (Fsp3) is 0.348. The van der Waals surface area contributed by atoms with Gasteiger partial charge in [-0.1, -0.05) is 47.9 Å². The number of amides is 1. The number of benzene rings is 1. The second-order valence-electron chi connectivity index (χ2n) is 7.82. The van der Waals surface area contributed by atoms with E-state index in [-0.39, 0.29) is 5.91 Å². The zero-order chi connectivity index (χ0) is 21.1. The number of nitrogens with one attached hydrogen (secondary N) is 1. The molecule has 0 saturated carbocycles. The van der Waals surface area contributed by atoms with Crippen molar-refractivity contribution in [2.24, 2.45) is 5.92 Å². The van der Waals surface area contributed by atoms with Gasteiger partial charge in [0.25, 0.3) is 5.91 Å². The normalized spacial score (nSPS) is 14.7. The van der Waals surface area contributed by atoms with E-state index in [1.807, 2.05) is 36.5 Å². The van der Waals surface area contributed by atoms with Gasteiger partial charge in [-0.25, -0.2) is 4.98 Å². The van der Waals surface area contributed by atoms with Gasteiger partial charge in [0.2, 0.25) is 0 Å². The van der Waals surface area contributed by atoms with Crippen molar-refractivity contribution in [2.75, 3.05) is 18.0 Å². The predicted octanol–water partition coefficient (Wildman–Crippen LogP) is 4.86. The van der Waals surface area contributed by atoms with Gasteiger partial charge in [-0.05, 0) is 43.4 Å². The van der Waals surface area contributed by atoms with E-state index in [4.69, 9.17) is 16.1 Å². The monoisotopic (exact) mass is 424 g/mol. The third-order valence-electron chi connectivity index (χ3n) is 5.59. The van der Waals surface area contributed by atoms with E-state index in [1.54, 1.807) is 13.0 Å². The highest BCUT2D eigenvalue weighted by Gasteiger charge is 2.23.